The van der Waals surface area contributed by atoms with Gasteiger partial charge in [0.15, 0.2) is 17.2 Å². The molecule has 0 radical (unpaired) electrons. The lowest BCUT2D eigenvalue weighted by atomic mass is 10.3. The maximum absolute atomic E-state index is 10.4. The molecule has 10 nitrogen and oxygen atoms in total. The Balaban J connectivity index is 0.000000231. The molecule has 0 atom stereocenters. The Morgan fingerprint density at radius 2 is 1.22 bits per heavy atom. The van der Waals surface area contributed by atoms with Crippen LogP contribution in [0.4, 0.5) is 11.4 Å². The maximum atomic E-state index is 10.4. The van der Waals surface area contributed by atoms with Gasteiger partial charge in [0, 0.05) is 0 Å². The van der Waals surface area contributed by atoms with Crippen molar-refractivity contribution < 1.29 is 29.9 Å². The Labute approximate surface area is 129 Å². The molecule has 23 heavy (non-hydrogen) atoms. The lowest BCUT2D eigenvalue weighted by molar-refractivity contribution is -0.386. The number of methoxy groups -OCH3 is 1. The molecule has 0 aliphatic carbocycles. The molecule has 2 rings (SSSR count). The molecule has 10 heteroatoms. The Morgan fingerprint density at radius 1 is 0.826 bits per heavy atom. The standard InChI is InChI=1S/C7H7NO4.C6H5NO4/c1-12-6-4-2-3-5(9)7(6)8(10)11;8-4-2-1-3-5(9)6(4)7(10)11/h2-4,9H,1H3;1-3,8-9H. The summed E-state index contributed by atoms with van der Waals surface area (Å²) in [5.41, 5.74) is -1.06. The minimum absolute atomic E-state index is 0.0556. The molecule has 0 saturated carbocycles. The molecule has 0 saturated heterocycles. The summed E-state index contributed by atoms with van der Waals surface area (Å²) in [4.78, 5) is 19.0. The van der Waals surface area contributed by atoms with Gasteiger partial charge in [-0.3, -0.25) is 20.2 Å². The lowest BCUT2D eigenvalue weighted by Gasteiger charge is -2.01. The van der Waals surface area contributed by atoms with Crippen molar-refractivity contribution in [2.75, 3.05) is 7.11 Å². The zero-order chi connectivity index (χ0) is 17.6. The highest BCUT2D eigenvalue weighted by Crippen LogP contribution is 2.35. The van der Waals surface area contributed by atoms with Crippen LogP contribution in [0.15, 0.2) is 36.4 Å². The molecule has 0 heterocycles. The van der Waals surface area contributed by atoms with Crippen molar-refractivity contribution in [3.63, 3.8) is 0 Å². The minimum Gasteiger partial charge on any atom is -0.502 e. The van der Waals surface area contributed by atoms with Crippen LogP contribution in [0.5, 0.6) is 23.0 Å². The number of nitro groups is 2. The van der Waals surface area contributed by atoms with E-state index in [1.807, 2.05) is 0 Å². The largest absolute Gasteiger partial charge is 0.502 e. The highest BCUT2D eigenvalue weighted by molar-refractivity contribution is 5.56. The lowest BCUT2D eigenvalue weighted by Crippen LogP contribution is -1.93. The van der Waals surface area contributed by atoms with E-state index in [1.54, 1.807) is 0 Å². The number of para-hydroxylation sites is 2. The Hall–Kier alpha value is -3.56. The summed E-state index contributed by atoms with van der Waals surface area (Å²) in [5, 5.41) is 47.3. The number of benzene rings is 2. The van der Waals surface area contributed by atoms with Gasteiger partial charge in [-0.15, -0.1) is 0 Å². The first-order chi connectivity index (χ1) is 10.8. The number of ether oxygens (including phenoxy) is 1. The van der Waals surface area contributed by atoms with Gasteiger partial charge in [-0.25, -0.2) is 0 Å². The van der Waals surface area contributed by atoms with E-state index in [4.69, 9.17) is 15.3 Å². The molecule has 2 aromatic rings. The van der Waals surface area contributed by atoms with Gasteiger partial charge in [0.05, 0.1) is 17.0 Å². The highest BCUT2D eigenvalue weighted by atomic mass is 16.6. The highest BCUT2D eigenvalue weighted by Gasteiger charge is 2.19. The van der Waals surface area contributed by atoms with Crippen LogP contribution in [-0.4, -0.2) is 32.3 Å². The third-order valence-electron chi connectivity index (χ3n) is 2.56. The van der Waals surface area contributed by atoms with Crippen LogP contribution < -0.4 is 4.74 Å². The van der Waals surface area contributed by atoms with Crippen molar-refractivity contribution >= 4 is 11.4 Å². The first-order valence-electron chi connectivity index (χ1n) is 5.95. The second-order valence-corrected chi connectivity index (χ2v) is 3.99. The van der Waals surface area contributed by atoms with Crippen molar-refractivity contribution in [3.8, 4) is 23.0 Å². The zero-order valence-electron chi connectivity index (χ0n) is 11.7. The number of rotatable bonds is 3. The van der Waals surface area contributed by atoms with Gasteiger partial charge in [0.2, 0.25) is 5.75 Å². The predicted molar refractivity (Wildman–Crippen MR) is 77.7 cm³/mol. The zero-order valence-corrected chi connectivity index (χ0v) is 11.7. The fourth-order valence-electron chi connectivity index (χ4n) is 1.57. The normalized spacial score (nSPS) is 9.43. The van der Waals surface area contributed by atoms with E-state index in [9.17, 15) is 20.2 Å². The monoisotopic (exact) mass is 324 g/mol. The summed E-state index contributed by atoms with van der Waals surface area (Å²) < 4.78 is 4.69. The van der Waals surface area contributed by atoms with E-state index < -0.39 is 32.7 Å². The van der Waals surface area contributed by atoms with E-state index in [2.05, 4.69) is 4.74 Å². The molecule has 0 bridgehead atoms. The number of aromatic hydroxyl groups is 3. The third kappa shape index (κ3) is 4.20. The van der Waals surface area contributed by atoms with Crippen LogP contribution in [0, 0.1) is 20.2 Å². The van der Waals surface area contributed by atoms with Gasteiger partial charge in [-0.2, -0.15) is 0 Å². The van der Waals surface area contributed by atoms with E-state index in [1.165, 1.54) is 31.4 Å². The van der Waals surface area contributed by atoms with Gasteiger partial charge in [0.1, 0.15) is 0 Å². The summed E-state index contributed by atoms with van der Waals surface area (Å²) in [6, 6.07) is 7.72. The smallest absolute Gasteiger partial charge is 0.352 e. The van der Waals surface area contributed by atoms with Crippen LogP contribution in [0.2, 0.25) is 0 Å². The van der Waals surface area contributed by atoms with Gasteiger partial charge in [0.25, 0.3) is 0 Å². The SMILES string of the molecule is COc1cccc(O)c1[N+](=O)[O-].O=[N+]([O-])c1c(O)cccc1O. The Kier molecular flexibility index (Phi) is 5.66. The first-order valence-corrected chi connectivity index (χ1v) is 5.95. The topological polar surface area (TPSA) is 156 Å². The summed E-state index contributed by atoms with van der Waals surface area (Å²) in [6.45, 7) is 0. The van der Waals surface area contributed by atoms with Crippen molar-refractivity contribution in [2.24, 2.45) is 0 Å². The van der Waals surface area contributed by atoms with Gasteiger partial charge < -0.3 is 20.1 Å². The predicted octanol–water partition coefficient (Wildman–Crippen LogP) is 2.32. The van der Waals surface area contributed by atoms with Gasteiger partial charge >= 0.3 is 11.4 Å². The van der Waals surface area contributed by atoms with Gasteiger partial charge in [-0.05, 0) is 24.3 Å². The molecule has 0 unspecified atom stereocenters. The fourth-order valence-corrected chi connectivity index (χ4v) is 1.57. The molecule has 122 valence electrons. The average molecular weight is 324 g/mol. The van der Waals surface area contributed by atoms with E-state index in [0.717, 1.165) is 12.1 Å². The average Bonchev–Trinajstić information content (AvgIpc) is 2.46. The number of nitro benzene ring substituents is 2. The van der Waals surface area contributed by atoms with E-state index >= 15 is 0 Å². The summed E-state index contributed by atoms with van der Waals surface area (Å²) in [7, 11) is 1.31. The Bertz CT molecular complexity index is 712. The first kappa shape index (κ1) is 17.5. The van der Waals surface area contributed by atoms with Crippen molar-refractivity contribution in [2.45, 2.75) is 0 Å². The molecule has 0 aliphatic rings. The van der Waals surface area contributed by atoms with Crippen LogP contribution in [0.3, 0.4) is 0 Å². The van der Waals surface area contributed by atoms with E-state index in [-0.39, 0.29) is 11.5 Å². The third-order valence-corrected chi connectivity index (χ3v) is 2.56. The van der Waals surface area contributed by atoms with E-state index in [0.29, 0.717) is 0 Å². The number of hydrogen-bond acceptors (Lipinski definition) is 8. The van der Waals surface area contributed by atoms with Gasteiger partial charge in [-0.1, -0.05) is 12.1 Å². The second kappa shape index (κ2) is 7.45. The molecule has 0 spiro atoms. The second-order valence-electron chi connectivity index (χ2n) is 3.99. The molecule has 3 N–H and O–H groups in total. The molecule has 0 aromatic heterocycles. The van der Waals surface area contributed by atoms with Crippen LogP contribution in [-0.2, 0) is 0 Å². The number of phenols is 3. The number of hydrogen-bond donors (Lipinski definition) is 3. The van der Waals surface area contributed by atoms with Crippen LogP contribution in [0.25, 0.3) is 0 Å². The Morgan fingerprint density at radius 3 is 1.52 bits per heavy atom. The van der Waals surface area contributed by atoms with Crippen molar-refractivity contribution in [1.29, 1.82) is 0 Å². The van der Waals surface area contributed by atoms with Crippen molar-refractivity contribution in [1.82, 2.24) is 0 Å². The maximum Gasteiger partial charge on any atom is 0.352 e. The molecule has 0 aliphatic heterocycles. The molecular weight excluding hydrogens is 312 g/mol. The fraction of sp³-hybridized carbons (Fsp3) is 0.0769. The summed E-state index contributed by atoms with van der Waals surface area (Å²) >= 11 is 0. The number of nitrogens with zero attached hydrogens (tertiary/aromatic N) is 2. The molecule has 0 fully saturated rings. The molecule has 0 amide bonds. The molecular formula is C13H12N2O8. The number of phenolic OH excluding ortho intramolecular Hbond substituents is 3. The molecule has 2 aromatic carbocycles. The summed E-state index contributed by atoms with van der Waals surface area (Å²) in [6.07, 6.45) is 0. The minimum atomic E-state index is -0.843. The summed E-state index contributed by atoms with van der Waals surface area (Å²) in [5.74, 6) is -1.40. The van der Waals surface area contributed by atoms with Crippen molar-refractivity contribution in [3.05, 3.63) is 56.6 Å². The quantitative estimate of drug-likeness (QED) is 0.573. The van der Waals surface area contributed by atoms with Crippen LogP contribution >= 0.6 is 0 Å². The van der Waals surface area contributed by atoms with Crippen LogP contribution in [0.1, 0.15) is 0 Å².